The fourth-order valence-corrected chi connectivity index (χ4v) is 4.64. The number of fused-ring (bicyclic) bond motifs is 1. The molecular weight excluding hydrogens is 490 g/mol. The van der Waals surface area contributed by atoms with Crippen molar-refractivity contribution >= 4 is 45.2 Å². The normalized spacial score (nSPS) is 15.3. The van der Waals surface area contributed by atoms with Crippen molar-refractivity contribution < 1.29 is 9.90 Å². The van der Waals surface area contributed by atoms with Crippen LogP contribution in [0.3, 0.4) is 0 Å². The highest BCUT2D eigenvalue weighted by Gasteiger charge is 2.34. The topological polar surface area (TPSA) is 92.1 Å². The summed E-state index contributed by atoms with van der Waals surface area (Å²) in [6, 6.07) is 10.5. The van der Waals surface area contributed by atoms with Gasteiger partial charge in [-0.3, -0.25) is 4.79 Å². The van der Waals surface area contributed by atoms with Crippen molar-refractivity contribution in [2.45, 2.75) is 38.9 Å². The van der Waals surface area contributed by atoms with Crippen LogP contribution in [0.15, 0.2) is 57.3 Å². The second kappa shape index (κ2) is 8.99. The minimum Gasteiger partial charge on any atom is -0.507 e. The predicted octanol–water partition coefficient (Wildman–Crippen LogP) is 5.40. The number of carbonyl (C=O) groups is 1. The predicted molar refractivity (Wildman–Crippen MR) is 131 cm³/mol. The smallest absolute Gasteiger partial charge is 0.255 e. The molecular formula is C23H24BrN5O2S. The van der Waals surface area contributed by atoms with Gasteiger partial charge >= 0.3 is 0 Å². The molecule has 1 atom stereocenters. The molecule has 4 rings (SSSR count). The number of aromatic hydroxyl groups is 1. The Morgan fingerprint density at radius 1 is 1.28 bits per heavy atom. The van der Waals surface area contributed by atoms with Gasteiger partial charge in [-0.2, -0.15) is 4.98 Å². The molecule has 166 valence electrons. The van der Waals surface area contributed by atoms with E-state index in [9.17, 15) is 9.90 Å². The minimum absolute atomic E-state index is 0.130. The van der Waals surface area contributed by atoms with Crippen molar-refractivity contribution in [2.75, 3.05) is 16.4 Å². The summed E-state index contributed by atoms with van der Waals surface area (Å²) in [4.78, 5) is 18.2. The third-order valence-corrected chi connectivity index (χ3v) is 6.85. The zero-order valence-corrected chi connectivity index (χ0v) is 20.6. The number of anilines is 2. The number of carbonyl (C=O) groups excluding carboxylic acids is 1. The first kappa shape index (κ1) is 22.4. The average Bonchev–Trinajstić information content (AvgIpc) is 3.14. The summed E-state index contributed by atoms with van der Waals surface area (Å²) in [6.07, 6.45) is 0. The summed E-state index contributed by atoms with van der Waals surface area (Å²) in [7, 11) is 0. The van der Waals surface area contributed by atoms with E-state index in [1.54, 1.807) is 16.8 Å². The molecule has 3 aromatic rings. The number of nitrogens with zero attached hydrogens (tertiary/aromatic N) is 3. The Bertz CT molecular complexity index is 1240. The number of hydrogen-bond donors (Lipinski definition) is 3. The van der Waals surface area contributed by atoms with E-state index < -0.39 is 6.04 Å². The highest BCUT2D eigenvalue weighted by Crippen LogP contribution is 2.39. The monoisotopic (exact) mass is 513 g/mol. The van der Waals surface area contributed by atoms with E-state index >= 15 is 0 Å². The third kappa shape index (κ3) is 4.14. The van der Waals surface area contributed by atoms with Gasteiger partial charge in [0.2, 0.25) is 11.1 Å². The van der Waals surface area contributed by atoms with Gasteiger partial charge in [0.05, 0.1) is 10.0 Å². The van der Waals surface area contributed by atoms with Crippen molar-refractivity contribution in [3.63, 3.8) is 0 Å². The number of allylic oxidation sites excluding steroid dienone is 1. The maximum atomic E-state index is 13.6. The number of thioether (sulfide) groups is 1. The number of phenols is 1. The van der Waals surface area contributed by atoms with Gasteiger partial charge in [-0.25, -0.2) is 4.68 Å². The van der Waals surface area contributed by atoms with Crippen molar-refractivity contribution in [1.29, 1.82) is 0 Å². The van der Waals surface area contributed by atoms with Crippen molar-refractivity contribution in [3.05, 3.63) is 68.8 Å². The zero-order valence-electron chi connectivity index (χ0n) is 18.2. The number of nitrogens with one attached hydrogen (secondary N) is 2. The molecule has 0 saturated carbocycles. The summed E-state index contributed by atoms with van der Waals surface area (Å²) in [5.74, 6) is 1.33. The van der Waals surface area contributed by atoms with Gasteiger partial charge in [-0.15, -0.1) is 5.10 Å². The van der Waals surface area contributed by atoms with Crippen LogP contribution in [-0.4, -0.2) is 31.5 Å². The Labute approximate surface area is 199 Å². The lowest BCUT2D eigenvalue weighted by Crippen LogP contribution is -2.31. The van der Waals surface area contributed by atoms with Crippen LogP contribution in [0.4, 0.5) is 11.6 Å². The second-order valence-corrected chi connectivity index (χ2v) is 9.66. The lowest BCUT2D eigenvalue weighted by atomic mass is 9.94. The van der Waals surface area contributed by atoms with E-state index in [1.807, 2.05) is 52.0 Å². The molecule has 0 saturated heterocycles. The van der Waals surface area contributed by atoms with E-state index in [0.717, 1.165) is 28.1 Å². The molecule has 2 aromatic carbocycles. The molecule has 2 heterocycles. The number of rotatable bonds is 5. The van der Waals surface area contributed by atoms with E-state index in [-0.39, 0.29) is 11.7 Å². The van der Waals surface area contributed by atoms with Gasteiger partial charge in [0.25, 0.3) is 5.91 Å². The molecule has 32 heavy (non-hydrogen) atoms. The summed E-state index contributed by atoms with van der Waals surface area (Å²) in [5.41, 5.74) is 4.95. The molecule has 9 heteroatoms. The van der Waals surface area contributed by atoms with Crippen LogP contribution in [0.2, 0.25) is 0 Å². The summed E-state index contributed by atoms with van der Waals surface area (Å²) >= 11 is 4.93. The molecule has 0 aliphatic carbocycles. The van der Waals surface area contributed by atoms with Crippen LogP contribution >= 0.6 is 27.7 Å². The molecule has 0 radical (unpaired) electrons. The van der Waals surface area contributed by atoms with Crippen molar-refractivity contribution in [1.82, 2.24) is 14.8 Å². The number of phenolic OH excluding ortho intramolecular Hbond substituents is 1. The van der Waals surface area contributed by atoms with Gasteiger partial charge in [0.15, 0.2) is 0 Å². The highest BCUT2D eigenvalue weighted by molar-refractivity contribution is 9.10. The molecule has 1 aliphatic heterocycles. The van der Waals surface area contributed by atoms with Crippen LogP contribution in [-0.2, 0) is 4.79 Å². The number of aryl methyl sites for hydroxylation is 1. The van der Waals surface area contributed by atoms with Crippen molar-refractivity contribution in [2.24, 2.45) is 0 Å². The zero-order chi connectivity index (χ0) is 23.0. The summed E-state index contributed by atoms with van der Waals surface area (Å²) in [6.45, 7) is 7.91. The van der Waals surface area contributed by atoms with Gasteiger partial charge < -0.3 is 15.7 Å². The van der Waals surface area contributed by atoms with Gasteiger partial charge in [-0.05, 0) is 77.3 Å². The first-order valence-corrected chi connectivity index (χ1v) is 12.0. The number of hydrogen-bond acceptors (Lipinski definition) is 6. The van der Waals surface area contributed by atoms with Crippen LogP contribution in [0.1, 0.15) is 36.6 Å². The van der Waals surface area contributed by atoms with Gasteiger partial charge in [0, 0.05) is 11.4 Å². The number of aromatic nitrogens is 3. The molecule has 0 bridgehead atoms. The van der Waals surface area contributed by atoms with Crippen LogP contribution in [0.25, 0.3) is 0 Å². The summed E-state index contributed by atoms with van der Waals surface area (Å²) in [5, 5.41) is 21.6. The molecule has 0 spiro atoms. The fourth-order valence-electron chi connectivity index (χ4n) is 3.69. The second-order valence-electron chi connectivity index (χ2n) is 7.57. The first-order chi connectivity index (χ1) is 15.3. The van der Waals surface area contributed by atoms with E-state index in [4.69, 9.17) is 0 Å². The maximum Gasteiger partial charge on any atom is 0.255 e. The standard InChI is InChI=1S/C23H24BrN5O2S/c1-5-32-23-27-22-25-14(4)19(21(31)26-17-8-6-7-12(2)13(17)3)20(29(22)28-23)15-9-10-18(30)16(24)11-15/h6-11,20,30H,5H2,1-4H3,(H,26,31)(H,25,27,28). The highest BCUT2D eigenvalue weighted by atomic mass is 79.9. The summed E-state index contributed by atoms with van der Waals surface area (Å²) < 4.78 is 2.28. The average molecular weight is 514 g/mol. The Kier molecular flexibility index (Phi) is 6.30. The number of halogens is 1. The molecule has 0 fully saturated rings. The SMILES string of the molecule is CCSc1nc2n(n1)C(c1ccc(O)c(Br)c1)C(C(=O)Nc1cccc(C)c1C)=C(C)N2. The molecule has 1 aromatic heterocycles. The third-order valence-electron chi connectivity index (χ3n) is 5.49. The quantitative estimate of drug-likeness (QED) is 0.395. The van der Waals surface area contributed by atoms with Crippen LogP contribution < -0.4 is 10.6 Å². The van der Waals surface area contributed by atoms with E-state index in [1.165, 1.54) is 11.8 Å². The lowest BCUT2D eigenvalue weighted by molar-refractivity contribution is -0.113. The molecule has 1 aliphatic rings. The first-order valence-electron chi connectivity index (χ1n) is 10.2. The molecule has 1 amide bonds. The van der Waals surface area contributed by atoms with Crippen molar-refractivity contribution in [3.8, 4) is 5.75 Å². The number of amides is 1. The van der Waals surface area contributed by atoms with Crippen LogP contribution in [0.5, 0.6) is 5.75 Å². The van der Waals surface area contributed by atoms with E-state index in [0.29, 0.717) is 26.8 Å². The molecule has 1 unspecified atom stereocenters. The Morgan fingerprint density at radius 3 is 2.78 bits per heavy atom. The van der Waals surface area contributed by atoms with E-state index in [2.05, 4.69) is 36.6 Å². The molecule has 3 N–H and O–H groups in total. The Balaban J connectivity index is 1.81. The maximum absolute atomic E-state index is 13.6. The molecule has 7 nitrogen and oxygen atoms in total. The largest absolute Gasteiger partial charge is 0.507 e. The Morgan fingerprint density at radius 2 is 2.06 bits per heavy atom. The fraction of sp³-hybridized carbons (Fsp3) is 0.261. The lowest BCUT2D eigenvalue weighted by Gasteiger charge is -2.29. The van der Waals surface area contributed by atoms with Gasteiger partial charge in [-0.1, -0.05) is 36.9 Å². The Hall–Kier alpha value is -2.78. The van der Waals surface area contributed by atoms with Crippen LogP contribution in [0, 0.1) is 13.8 Å². The number of benzene rings is 2. The minimum atomic E-state index is -0.507. The van der Waals surface area contributed by atoms with Gasteiger partial charge in [0.1, 0.15) is 11.8 Å².